The van der Waals surface area contributed by atoms with E-state index in [0.717, 1.165) is 32.0 Å². The van der Waals surface area contributed by atoms with E-state index in [0.29, 0.717) is 12.0 Å². The van der Waals surface area contributed by atoms with Gasteiger partial charge in [0.1, 0.15) is 12.2 Å². The summed E-state index contributed by atoms with van der Waals surface area (Å²) in [6.07, 6.45) is 2.88. The van der Waals surface area contributed by atoms with Crippen molar-refractivity contribution in [2.45, 2.75) is 25.9 Å². The normalized spacial score (nSPS) is 23.2. The molecule has 1 aromatic heterocycles. The highest BCUT2D eigenvalue weighted by Crippen LogP contribution is 2.16. The Labute approximate surface area is 89.8 Å². The Morgan fingerprint density at radius 1 is 1.73 bits per heavy atom. The lowest BCUT2D eigenvalue weighted by molar-refractivity contribution is 0.178. The Balaban J connectivity index is 1.80. The van der Waals surface area contributed by atoms with Gasteiger partial charge >= 0.3 is 0 Å². The van der Waals surface area contributed by atoms with Gasteiger partial charge in [-0.1, -0.05) is 0 Å². The average molecular weight is 210 g/mol. The number of nitrogens with zero attached hydrogens (tertiary/aromatic N) is 3. The summed E-state index contributed by atoms with van der Waals surface area (Å²) in [5.41, 5.74) is 0. The molecule has 2 rings (SSSR count). The highest BCUT2D eigenvalue weighted by atomic mass is 16.5. The number of ether oxygens (including phenoxy) is 1. The molecule has 0 spiro atoms. The molecule has 1 aliphatic heterocycles. The summed E-state index contributed by atoms with van der Waals surface area (Å²) in [4.78, 5) is 0. The second-order valence-electron chi connectivity index (χ2n) is 4.15. The molecule has 0 bridgehead atoms. The number of hydrogen-bond donors (Lipinski definition) is 1. The molecule has 2 unspecified atom stereocenters. The fourth-order valence-corrected chi connectivity index (χ4v) is 1.83. The van der Waals surface area contributed by atoms with Gasteiger partial charge in [-0.05, 0) is 19.3 Å². The van der Waals surface area contributed by atoms with Crippen molar-refractivity contribution in [3.8, 4) is 0 Å². The third-order valence-electron chi connectivity index (χ3n) is 3.06. The first-order valence-electron chi connectivity index (χ1n) is 5.41. The van der Waals surface area contributed by atoms with Crippen LogP contribution in [0.4, 0.5) is 0 Å². The third-order valence-corrected chi connectivity index (χ3v) is 3.06. The summed E-state index contributed by atoms with van der Waals surface area (Å²) in [6, 6.07) is 0.476. The Hall–Kier alpha value is -0.940. The van der Waals surface area contributed by atoms with E-state index in [9.17, 15) is 0 Å². The van der Waals surface area contributed by atoms with Gasteiger partial charge in [0.2, 0.25) is 0 Å². The Morgan fingerprint density at radius 2 is 2.60 bits per heavy atom. The van der Waals surface area contributed by atoms with E-state index in [-0.39, 0.29) is 0 Å². The summed E-state index contributed by atoms with van der Waals surface area (Å²) < 4.78 is 7.30. The van der Waals surface area contributed by atoms with E-state index in [1.54, 1.807) is 6.33 Å². The first kappa shape index (κ1) is 10.6. The van der Waals surface area contributed by atoms with Crippen LogP contribution in [0.3, 0.4) is 0 Å². The van der Waals surface area contributed by atoms with Crippen LogP contribution in [-0.2, 0) is 18.3 Å². The zero-order valence-electron chi connectivity index (χ0n) is 9.31. The number of aromatic nitrogens is 3. The molecule has 15 heavy (non-hydrogen) atoms. The van der Waals surface area contributed by atoms with E-state index in [1.807, 2.05) is 11.6 Å². The zero-order valence-corrected chi connectivity index (χ0v) is 9.31. The monoisotopic (exact) mass is 210 g/mol. The van der Waals surface area contributed by atoms with Crippen LogP contribution in [0.25, 0.3) is 0 Å². The maximum atomic E-state index is 5.37. The lowest BCUT2D eigenvalue weighted by Crippen LogP contribution is -2.34. The minimum Gasteiger partial charge on any atom is -0.381 e. The molecule has 1 N–H and O–H groups in total. The number of hydrogen-bond acceptors (Lipinski definition) is 4. The molecule has 2 heterocycles. The van der Waals surface area contributed by atoms with Crippen LogP contribution in [-0.4, -0.2) is 34.0 Å². The second kappa shape index (κ2) is 4.72. The van der Waals surface area contributed by atoms with Crippen LogP contribution in [0, 0.1) is 5.92 Å². The van der Waals surface area contributed by atoms with E-state index in [2.05, 4.69) is 22.4 Å². The zero-order chi connectivity index (χ0) is 10.7. The number of rotatable bonds is 4. The third kappa shape index (κ3) is 2.54. The van der Waals surface area contributed by atoms with Crippen molar-refractivity contribution in [3.05, 3.63) is 12.2 Å². The molecular formula is C10H18N4O. The first-order chi connectivity index (χ1) is 7.27. The van der Waals surface area contributed by atoms with Gasteiger partial charge in [0.05, 0.1) is 13.2 Å². The summed E-state index contributed by atoms with van der Waals surface area (Å²) in [5, 5.41) is 11.3. The van der Waals surface area contributed by atoms with E-state index < -0.39 is 0 Å². The largest absolute Gasteiger partial charge is 0.381 e. The van der Waals surface area contributed by atoms with Crippen LogP contribution < -0.4 is 5.32 Å². The fraction of sp³-hybridized carbons (Fsp3) is 0.800. The van der Waals surface area contributed by atoms with Crippen molar-refractivity contribution in [2.75, 3.05) is 13.2 Å². The van der Waals surface area contributed by atoms with Crippen molar-refractivity contribution in [1.82, 2.24) is 20.1 Å². The van der Waals surface area contributed by atoms with E-state index >= 15 is 0 Å². The molecule has 84 valence electrons. The highest BCUT2D eigenvalue weighted by Gasteiger charge is 2.21. The summed E-state index contributed by atoms with van der Waals surface area (Å²) >= 11 is 0. The maximum Gasteiger partial charge on any atom is 0.146 e. The quantitative estimate of drug-likeness (QED) is 0.778. The average Bonchev–Trinajstić information content (AvgIpc) is 2.85. The van der Waals surface area contributed by atoms with Crippen molar-refractivity contribution < 1.29 is 4.74 Å². The topological polar surface area (TPSA) is 52.0 Å². The molecule has 1 aliphatic rings. The molecule has 5 nitrogen and oxygen atoms in total. The maximum absolute atomic E-state index is 5.37. The Morgan fingerprint density at radius 3 is 3.20 bits per heavy atom. The summed E-state index contributed by atoms with van der Waals surface area (Å²) in [7, 11) is 1.96. The van der Waals surface area contributed by atoms with E-state index in [1.165, 1.54) is 0 Å². The van der Waals surface area contributed by atoms with Crippen molar-refractivity contribution in [3.63, 3.8) is 0 Å². The van der Waals surface area contributed by atoms with Gasteiger partial charge < -0.3 is 14.6 Å². The molecule has 5 heteroatoms. The van der Waals surface area contributed by atoms with Gasteiger partial charge in [-0.2, -0.15) is 0 Å². The number of aryl methyl sites for hydroxylation is 1. The van der Waals surface area contributed by atoms with Crippen LogP contribution in [0.1, 0.15) is 19.2 Å². The minimum absolute atomic E-state index is 0.476. The molecule has 2 atom stereocenters. The van der Waals surface area contributed by atoms with E-state index in [4.69, 9.17) is 4.74 Å². The Bertz CT molecular complexity index is 306. The molecule has 0 radical (unpaired) electrons. The first-order valence-corrected chi connectivity index (χ1v) is 5.41. The number of nitrogens with one attached hydrogen (secondary N) is 1. The molecule has 0 saturated carbocycles. The summed E-state index contributed by atoms with van der Waals surface area (Å²) in [6.45, 7) is 4.76. The molecule has 1 saturated heterocycles. The van der Waals surface area contributed by atoms with Crippen LogP contribution >= 0.6 is 0 Å². The SMILES string of the molecule is CC(NCc1nncn1C)C1CCOC1. The van der Waals surface area contributed by atoms with Crippen molar-refractivity contribution in [1.29, 1.82) is 0 Å². The van der Waals surface area contributed by atoms with Crippen LogP contribution in [0.5, 0.6) is 0 Å². The van der Waals surface area contributed by atoms with Gasteiger partial charge in [-0.25, -0.2) is 0 Å². The highest BCUT2D eigenvalue weighted by molar-refractivity contribution is 4.85. The Kier molecular flexibility index (Phi) is 3.33. The molecule has 0 aromatic carbocycles. The lowest BCUT2D eigenvalue weighted by Gasteiger charge is -2.18. The van der Waals surface area contributed by atoms with Crippen molar-refractivity contribution in [2.24, 2.45) is 13.0 Å². The molecular weight excluding hydrogens is 192 g/mol. The standard InChI is InChI=1S/C10H18N4O/c1-8(9-3-4-15-6-9)11-5-10-13-12-7-14(10)2/h7-9,11H,3-6H2,1-2H3. The van der Waals surface area contributed by atoms with Crippen molar-refractivity contribution >= 4 is 0 Å². The van der Waals surface area contributed by atoms with Gasteiger partial charge in [0.25, 0.3) is 0 Å². The fourth-order valence-electron chi connectivity index (χ4n) is 1.83. The van der Waals surface area contributed by atoms with Gasteiger partial charge in [-0.15, -0.1) is 10.2 Å². The lowest BCUT2D eigenvalue weighted by atomic mass is 10.0. The molecule has 0 amide bonds. The van der Waals surface area contributed by atoms with Gasteiger partial charge in [-0.3, -0.25) is 0 Å². The predicted molar refractivity (Wildman–Crippen MR) is 56.2 cm³/mol. The van der Waals surface area contributed by atoms with Crippen LogP contribution in [0.2, 0.25) is 0 Å². The van der Waals surface area contributed by atoms with Crippen LogP contribution in [0.15, 0.2) is 6.33 Å². The van der Waals surface area contributed by atoms with Gasteiger partial charge in [0, 0.05) is 19.7 Å². The molecule has 1 fully saturated rings. The summed E-state index contributed by atoms with van der Waals surface area (Å²) in [5.74, 6) is 1.61. The predicted octanol–water partition coefficient (Wildman–Crippen LogP) is 0.330. The molecule has 0 aliphatic carbocycles. The minimum atomic E-state index is 0.476. The smallest absolute Gasteiger partial charge is 0.146 e. The second-order valence-corrected chi connectivity index (χ2v) is 4.15. The van der Waals surface area contributed by atoms with Gasteiger partial charge in [0.15, 0.2) is 0 Å². The molecule has 1 aromatic rings.